The fourth-order valence-electron chi connectivity index (χ4n) is 7.60. The second-order valence-corrected chi connectivity index (χ2v) is 11.0. The zero-order chi connectivity index (χ0) is 24.3. The first-order valence-electron chi connectivity index (χ1n) is 13.0. The summed E-state index contributed by atoms with van der Waals surface area (Å²) in [6.07, 6.45) is 6.69. The van der Waals surface area contributed by atoms with Crippen molar-refractivity contribution < 1.29 is 4.79 Å². The molecule has 0 radical (unpaired) electrons. The van der Waals surface area contributed by atoms with Gasteiger partial charge in [0.2, 0.25) is 5.91 Å². The lowest BCUT2D eigenvalue weighted by molar-refractivity contribution is -0.118. The molecule has 8 heteroatoms. The molecule has 4 saturated carbocycles. The molecule has 8 nitrogen and oxygen atoms in total. The molecule has 0 saturated heterocycles. The van der Waals surface area contributed by atoms with Crippen molar-refractivity contribution in [3.05, 3.63) is 62.6 Å². The van der Waals surface area contributed by atoms with Gasteiger partial charge in [-0.05, 0) is 61.8 Å². The number of hydrogen-bond acceptors (Lipinski definition) is 4. The number of rotatable bonds is 8. The lowest BCUT2D eigenvalue weighted by Crippen LogP contribution is -2.41. The zero-order valence-corrected chi connectivity index (χ0v) is 20.3. The van der Waals surface area contributed by atoms with Crippen LogP contribution in [-0.2, 0) is 29.8 Å². The first-order valence-corrected chi connectivity index (χ1v) is 13.0. The number of benzene rings is 1. The van der Waals surface area contributed by atoms with Crippen molar-refractivity contribution in [2.24, 2.45) is 23.5 Å². The minimum atomic E-state index is -0.479. The minimum Gasteiger partial charge on any atom is -0.370 e. The van der Waals surface area contributed by atoms with Crippen LogP contribution in [0.5, 0.6) is 0 Å². The van der Waals surface area contributed by atoms with Crippen molar-refractivity contribution in [3.8, 4) is 0 Å². The van der Waals surface area contributed by atoms with Crippen molar-refractivity contribution in [1.29, 1.82) is 0 Å². The van der Waals surface area contributed by atoms with Crippen molar-refractivity contribution in [2.45, 2.75) is 76.9 Å². The molecule has 184 valence electrons. The molecule has 1 amide bonds. The average molecular weight is 476 g/mol. The van der Waals surface area contributed by atoms with Crippen LogP contribution < -0.4 is 17.0 Å². The SMILES string of the molecule is CCCn1c(=O)c2c(nc(C34C[C@@H]5CC3C[C@@H](C5)C4)n2Cc2ccccc2)n(CCC(N)=O)c1=O. The highest BCUT2D eigenvalue weighted by Crippen LogP contribution is 2.65. The summed E-state index contributed by atoms with van der Waals surface area (Å²) in [5, 5.41) is 0. The fraction of sp³-hybridized carbons (Fsp3) is 0.556. The van der Waals surface area contributed by atoms with Crippen LogP contribution in [0.1, 0.15) is 63.3 Å². The van der Waals surface area contributed by atoms with E-state index in [1.807, 2.05) is 25.1 Å². The molecule has 0 spiro atoms. The van der Waals surface area contributed by atoms with Gasteiger partial charge in [-0.2, -0.15) is 0 Å². The van der Waals surface area contributed by atoms with E-state index >= 15 is 0 Å². The van der Waals surface area contributed by atoms with Gasteiger partial charge in [-0.15, -0.1) is 0 Å². The van der Waals surface area contributed by atoms with E-state index in [-0.39, 0.29) is 23.9 Å². The second kappa shape index (κ2) is 8.21. The number of imidazole rings is 1. The smallest absolute Gasteiger partial charge is 0.332 e. The quantitative estimate of drug-likeness (QED) is 0.541. The Hall–Kier alpha value is -3.16. The first kappa shape index (κ1) is 22.3. The highest BCUT2D eigenvalue weighted by Gasteiger charge is 2.60. The topological polar surface area (TPSA) is 105 Å². The molecule has 4 aliphatic rings. The second-order valence-electron chi connectivity index (χ2n) is 11.0. The Morgan fingerprint density at radius 3 is 2.40 bits per heavy atom. The van der Waals surface area contributed by atoms with Crippen molar-refractivity contribution >= 4 is 17.1 Å². The highest BCUT2D eigenvalue weighted by molar-refractivity contribution is 5.75. The van der Waals surface area contributed by atoms with E-state index in [9.17, 15) is 14.4 Å². The summed E-state index contributed by atoms with van der Waals surface area (Å²) in [5.74, 6) is 2.52. The van der Waals surface area contributed by atoms with E-state index in [0.29, 0.717) is 36.6 Å². The van der Waals surface area contributed by atoms with E-state index in [4.69, 9.17) is 10.7 Å². The van der Waals surface area contributed by atoms with Gasteiger partial charge in [-0.3, -0.25) is 18.7 Å². The van der Waals surface area contributed by atoms with Crippen LogP contribution in [-0.4, -0.2) is 24.6 Å². The molecule has 4 bridgehead atoms. The van der Waals surface area contributed by atoms with Gasteiger partial charge in [0.05, 0.1) is 0 Å². The van der Waals surface area contributed by atoms with Gasteiger partial charge in [-0.25, -0.2) is 9.78 Å². The Morgan fingerprint density at radius 1 is 1.03 bits per heavy atom. The zero-order valence-electron chi connectivity index (χ0n) is 20.3. The molecule has 3 aromatic rings. The molecule has 7 rings (SSSR count). The Bertz CT molecular complexity index is 1400. The van der Waals surface area contributed by atoms with Gasteiger partial charge in [0.1, 0.15) is 5.82 Å². The summed E-state index contributed by atoms with van der Waals surface area (Å²) < 4.78 is 4.94. The van der Waals surface area contributed by atoms with Gasteiger partial charge in [-0.1, -0.05) is 37.3 Å². The summed E-state index contributed by atoms with van der Waals surface area (Å²) >= 11 is 0. The number of fused-ring (bicyclic) bond motifs is 1. The molecule has 2 unspecified atom stereocenters. The number of hydrogen-bond donors (Lipinski definition) is 1. The van der Waals surface area contributed by atoms with Gasteiger partial charge in [0.15, 0.2) is 11.2 Å². The molecule has 4 atom stereocenters. The van der Waals surface area contributed by atoms with E-state index < -0.39 is 11.6 Å². The Morgan fingerprint density at radius 2 is 1.74 bits per heavy atom. The van der Waals surface area contributed by atoms with E-state index in [2.05, 4.69) is 16.7 Å². The molecule has 2 aromatic heterocycles. The number of nitrogens with two attached hydrogens (primary N) is 1. The molecule has 2 heterocycles. The van der Waals surface area contributed by atoms with Crippen LogP contribution >= 0.6 is 0 Å². The number of aryl methyl sites for hydroxylation is 1. The summed E-state index contributed by atoms with van der Waals surface area (Å²) in [6, 6.07) is 10.1. The van der Waals surface area contributed by atoms with E-state index in [1.165, 1.54) is 28.4 Å². The maximum atomic E-state index is 13.8. The van der Waals surface area contributed by atoms with Crippen LogP contribution in [0.15, 0.2) is 39.9 Å². The van der Waals surface area contributed by atoms with Crippen molar-refractivity contribution in [3.63, 3.8) is 0 Å². The third kappa shape index (κ3) is 3.40. The molecule has 2 N–H and O–H groups in total. The highest BCUT2D eigenvalue weighted by atomic mass is 16.2. The average Bonchev–Trinajstić information content (AvgIpc) is 3.41. The lowest BCUT2D eigenvalue weighted by atomic mass is 9.75. The van der Waals surface area contributed by atoms with Crippen LogP contribution in [0.25, 0.3) is 11.2 Å². The maximum Gasteiger partial charge on any atom is 0.332 e. The maximum absolute atomic E-state index is 13.8. The number of amides is 1. The van der Waals surface area contributed by atoms with Crippen LogP contribution in [0.3, 0.4) is 0 Å². The van der Waals surface area contributed by atoms with Gasteiger partial charge < -0.3 is 10.3 Å². The van der Waals surface area contributed by atoms with E-state index in [0.717, 1.165) is 36.1 Å². The normalized spacial score (nSPS) is 26.7. The van der Waals surface area contributed by atoms with Gasteiger partial charge in [0.25, 0.3) is 5.56 Å². The van der Waals surface area contributed by atoms with Crippen LogP contribution in [0.2, 0.25) is 0 Å². The standard InChI is InChI=1S/C27H33N5O3/c1-2-9-31-24(34)22-23(30(26(31)35)10-8-21(28)33)29-25(32(22)16-17-6-4-3-5-7-17)27-14-18-11-19(15-27)13-20(27)12-18/h3-7,18-20H,2,8-16H2,1H3,(H2,28,33)/t18-,19+,20?,27?. The number of carbonyl (C=O) groups excluding carboxylic acids is 1. The third-order valence-electron chi connectivity index (χ3n) is 8.76. The van der Waals surface area contributed by atoms with E-state index in [1.54, 1.807) is 0 Å². The number of carbonyl (C=O) groups is 1. The van der Waals surface area contributed by atoms with Gasteiger partial charge >= 0.3 is 5.69 Å². The molecule has 35 heavy (non-hydrogen) atoms. The molecule has 1 aromatic carbocycles. The molecule has 4 aliphatic carbocycles. The lowest BCUT2D eigenvalue weighted by Gasteiger charge is -2.32. The monoisotopic (exact) mass is 475 g/mol. The molecule has 0 aliphatic heterocycles. The third-order valence-corrected chi connectivity index (χ3v) is 8.76. The van der Waals surface area contributed by atoms with Crippen molar-refractivity contribution in [1.82, 2.24) is 18.7 Å². The Kier molecular flexibility index (Phi) is 5.23. The number of primary amides is 1. The van der Waals surface area contributed by atoms with Crippen molar-refractivity contribution in [2.75, 3.05) is 0 Å². The minimum absolute atomic E-state index is 0.0259. The summed E-state index contributed by atoms with van der Waals surface area (Å²) in [5.41, 5.74) is 6.69. The summed E-state index contributed by atoms with van der Waals surface area (Å²) in [7, 11) is 0. The fourth-order valence-corrected chi connectivity index (χ4v) is 7.60. The predicted octanol–water partition coefficient (Wildman–Crippen LogP) is 2.77. The predicted molar refractivity (Wildman–Crippen MR) is 133 cm³/mol. The molecular formula is C27H33N5O3. The number of nitrogens with zero attached hydrogens (tertiary/aromatic N) is 4. The largest absolute Gasteiger partial charge is 0.370 e. The Balaban J connectivity index is 1.64. The number of aromatic nitrogens is 4. The molecule has 4 fully saturated rings. The first-order chi connectivity index (χ1) is 16.9. The van der Waals surface area contributed by atoms with Crippen LogP contribution in [0, 0.1) is 17.8 Å². The Labute approximate surface area is 203 Å². The van der Waals surface area contributed by atoms with Gasteiger partial charge in [0, 0.05) is 31.5 Å². The summed E-state index contributed by atoms with van der Waals surface area (Å²) in [6.45, 7) is 2.93. The molecular weight excluding hydrogens is 442 g/mol. The van der Waals surface area contributed by atoms with Crippen LogP contribution in [0.4, 0.5) is 0 Å². The summed E-state index contributed by atoms with van der Waals surface area (Å²) in [4.78, 5) is 44.0.